The number of aryl methyl sites for hydroxylation is 1. The molecule has 7 fully saturated rings. The van der Waals surface area contributed by atoms with Gasteiger partial charge in [-0.25, -0.2) is 4.79 Å². The molecular weight excluding hydrogens is 1420 g/mol. The van der Waals surface area contributed by atoms with Crippen molar-refractivity contribution < 1.29 is 133 Å². The zero-order valence-corrected chi connectivity index (χ0v) is 62.5. The van der Waals surface area contributed by atoms with Crippen LogP contribution in [0.15, 0.2) is 158 Å². The molecule has 6 aromatic carbocycles. The van der Waals surface area contributed by atoms with E-state index >= 15 is 0 Å². The molecule has 23 atom stereocenters. The summed E-state index contributed by atoms with van der Waals surface area (Å²) in [5.74, 6) is -2.76. The fourth-order valence-electron chi connectivity index (χ4n) is 14.9. The van der Waals surface area contributed by atoms with Gasteiger partial charge in [0, 0.05) is 41.2 Å². The first-order chi connectivity index (χ1) is 52.8. The predicted octanol–water partition coefficient (Wildman–Crippen LogP) is 8.30. The van der Waals surface area contributed by atoms with E-state index in [1.54, 1.807) is 52.1 Å². The molecule has 1 N–H and O–H groups in total. The summed E-state index contributed by atoms with van der Waals surface area (Å²) in [6.07, 6.45) is -24.6. The SMILES string of the molecule is COC[C@H]1O[C@@H](O[C@@H]2OC[C@@H]3O[C@@]4(OC[C@@H](OC(=O)c5c(C)cc(OCc6ccccc6)cc5OCc5ccccc5)[C@@H]5OCO[C@H]54)O[C@H]3[C@H]2OCc2ccccc2)[C@@H](OC)[C@@H](OCc2ccccc2)[C@@H]1O[C@@H]1O[C@H](C)[C@H](OC)[C@H](O[C@@H]2O[C@H](C)[C@@H](OCc3ccc(OC)cc3)[C@](C)(O)[C@@H]2OC(C)=O)[C@H]1OC(C)=O. The molecule has 6 aromatic rings. The molecule has 7 saturated heterocycles. The van der Waals surface area contributed by atoms with Gasteiger partial charge in [0.25, 0.3) is 0 Å². The summed E-state index contributed by atoms with van der Waals surface area (Å²) < 4.78 is 156. The number of esters is 3. The molecule has 28 heteroatoms. The van der Waals surface area contributed by atoms with Gasteiger partial charge in [-0.15, -0.1) is 0 Å². The Labute approximate surface area is 632 Å². The van der Waals surface area contributed by atoms with Gasteiger partial charge in [0.05, 0.1) is 59.0 Å². The van der Waals surface area contributed by atoms with Crippen molar-refractivity contribution >= 4 is 17.9 Å². The Kier molecular flexibility index (Phi) is 26.4. The van der Waals surface area contributed by atoms with E-state index in [1.807, 2.05) is 133 Å². The lowest BCUT2D eigenvalue weighted by Crippen LogP contribution is -2.69. The molecule has 0 saturated carbocycles. The third-order valence-electron chi connectivity index (χ3n) is 20.2. The molecule has 7 heterocycles. The molecule has 28 nitrogen and oxygen atoms in total. The van der Waals surface area contributed by atoms with Crippen molar-refractivity contribution in [1.82, 2.24) is 0 Å². The van der Waals surface area contributed by atoms with E-state index in [1.165, 1.54) is 42.1 Å². The average molecular weight is 1520 g/mol. The number of benzene rings is 6. The molecule has 1 spiro atoms. The van der Waals surface area contributed by atoms with Gasteiger partial charge in [0.1, 0.15) is 116 Å². The number of methoxy groups -OCH3 is 4. The standard InChI is InChI=1S/C81H96O28/c1-46-35-57(90-37-51-23-15-11-16-24-51)36-58(91-38-52-25-17-12-18-26-52)62(46)75(84)103-60-44-98-81(73-66(60)96-45-97-73)108-61-43-95-76(70(65(61)109-81)93-40-54-29-21-14-22-30-54)107-77-69(89-10)67(92-39-53-27-19-13-20-28-53)64(59(104-77)42-86-7)105-78-71(101-49(4)82)68(63(88-9)47(2)99-78)106-79-74(102-50(5)83)80(6,85)72(48(3)100-79)94-41-55-31-33-56(87-8)34-32-55/h11-36,47-48,59-61,63-74,76-79,85H,37-45H2,1-10H3/t47-,48-,59-,60-,61+,63+,64-,65-,66+,67+,68+,69+,70-,71-,72-,73-,74-,76+,77+,78+,79+,80+,81-/m1/s1. The molecule has 0 aliphatic carbocycles. The van der Waals surface area contributed by atoms with Gasteiger partial charge < -0.3 is 119 Å². The Morgan fingerprint density at radius 3 is 1.70 bits per heavy atom. The van der Waals surface area contributed by atoms with Gasteiger partial charge >= 0.3 is 23.9 Å². The Hall–Kier alpha value is -7.63. The fraction of sp³-hybridized carbons (Fsp3) is 0.519. The van der Waals surface area contributed by atoms with Crippen LogP contribution < -0.4 is 14.2 Å². The highest BCUT2D eigenvalue weighted by Crippen LogP contribution is 2.48. The van der Waals surface area contributed by atoms with Gasteiger partial charge in [-0.1, -0.05) is 133 Å². The number of fused-ring (bicyclic) bond motifs is 3. The van der Waals surface area contributed by atoms with Crippen LogP contribution in [0.2, 0.25) is 0 Å². The highest BCUT2D eigenvalue weighted by Gasteiger charge is 2.68. The third kappa shape index (κ3) is 18.5. The summed E-state index contributed by atoms with van der Waals surface area (Å²) in [5.41, 5.74) is 2.99. The Morgan fingerprint density at radius 1 is 0.505 bits per heavy atom. The van der Waals surface area contributed by atoms with Gasteiger partial charge in [0.2, 0.25) is 0 Å². The third-order valence-corrected chi connectivity index (χ3v) is 20.2. The lowest BCUT2D eigenvalue weighted by atomic mass is 9.85. The number of carbonyl (C=O) groups excluding carboxylic acids is 3. The van der Waals surface area contributed by atoms with Crippen LogP contribution in [0.3, 0.4) is 0 Å². The van der Waals surface area contributed by atoms with E-state index in [9.17, 15) is 19.5 Å². The summed E-state index contributed by atoms with van der Waals surface area (Å²) in [4.78, 5) is 41.2. The van der Waals surface area contributed by atoms with Crippen LogP contribution in [-0.4, -0.2) is 219 Å². The quantitative estimate of drug-likeness (QED) is 0.0327. The first-order valence-corrected chi connectivity index (χ1v) is 36.5. The summed E-state index contributed by atoms with van der Waals surface area (Å²) >= 11 is 0. The maximum Gasteiger partial charge on any atom is 0.342 e. The summed E-state index contributed by atoms with van der Waals surface area (Å²) in [6, 6.07) is 48.9. The molecule has 588 valence electrons. The van der Waals surface area contributed by atoms with Gasteiger partial charge in [-0.05, 0) is 79.3 Å². The fourth-order valence-corrected chi connectivity index (χ4v) is 14.9. The van der Waals surface area contributed by atoms with Crippen LogP contribution in [0.4, 0.5) is 0 Å². The maximum atomic E-state index is 14.7. The average Bonchev–Trinajstić information content (AvgIpc) is 1.62. The van der Waals surface area contributed by atoms with E-state index in [-0.39, 0.29) is 71.0 Å². The molecule has 0 bridgehead atoms. The van der Waals surface area contributed by atoms with E-state index in [2.05, 4.69) is 0 Å². The van der Waals surface area contributed by atoms with Crippen molar-refractivity contribution in [1.29, 1.82) is 0 Å². The molecule has 0 amide bonds. The molecule has 7 aliphatic heterocycles. The zero-order valence-electron chi connectivity index (χ0n) is 62.5. The summed E-state index contributed by atoms with van der Waals surface area (Å²) in [5, 5.41) is 12.5. The van der Waals surface area contributed by atoms with E-state index in [0.717, 1.165) is 27.8 Å². The van der Waals surface area contributed by atoms with Crippen LogP contribution in [0.25, 0.3) is 0 Å². The predicted molar refractivity (Wildman–Crippen MR) is 380 cm³/mol. The Bertz CT molecular complexity index is 3900. The Morgan fingerprint density at radius 2 is 1.08 bits per heavy atom. The van der Waals surface area contributed by atoms with Gasteiger partial charge in [-0.3, -0.25) is 9.59 Å². The second kappa shape index (κ2) is 36.2. The van der Waals surface area contributed by atoms with E-state index in [0.29, 0.717) is 17.1 Å². The lowest BCUT2D eigenvalue weighted by molar-refractivity contribution is -0.406. The largest absolute Gasteiger partial charge is 0.497 e. The molecule has 0 radical (unpaired) electrons. The van der Waals surface area contributed by atoms with E-state index < -0.39 is 158 Å². The molecule has 109 heavy (non-hydrogen) atoms. The highest BCUT2D eigenvalue weighted by molar-refractivity contribution is 5.94. The minimum absolute atomic E-state index is 0.0135. The first kappa shape index (κ1) is 79.5. The summed E-state index contributed by atoms with van der Waals surface area (Å²) in [7, 11) is 5.94. The van der Waals surface area contributed by atoms with Crippen molar-refractivity contribution in [2.24, 2.45) is 0 Å². The summed E-state index contributed by atoms with van der Waals surface area (Å²) in [6.45, 7) is 8.85. The van der Waals surface area contributed by atoms with E-state index in [4.69, 9.17) is 114 Å². The second-order valence-corrected chi connectivity index (χ2v) is 27.9. The number of hydrogen-bond donors (Lipinski definition) is 1. The van der Waals surface area contributed by atoms with Crippen molar-refractivity contribution in [3.63, 3.8) is 0 Å². The molecule has 7 aliphatic rings. The normalized spacial score (nSPS) is 33.5. The number of aliphatic hydroxyl groups is 1. The molecule has 0 unspecified atom stereocenters. The smallest absolute Gasteiger partial charge is 0.342 e. The number of ether oxygens (including phenoxy) is 24. The topological polar surface area (TPSA) is 293 Å². The van der Waals surface area contributed by atoms with Crippen LogP contribution in [0.5, 0.6) is 17.2 Å². The van der Waals surface area contributed by atoms with Crippen LogP contribution in [-0.2, 0) is 142 Å². The number of carbonyl (C=O) groups is 3. The second-order valence-electron chi connectivity index (χ2n) is 27.9. The minimum Gasteiger partial charge on any atom is -0.497 e. The number of rotatable bonds is 30. The molecule has 0 aromatic heterocycles. The minimum atomic E-state index is -1.95. The monoisotopic (exact) mass is 1520 g/mol. The van der Waals surface area contributed by atoms with Gasteiger partial charge in [0.15, 0.2) is 49.6 Å². The molecule has 13 rings (SSSR count). The van der Waals surface area contributed by atoms with Crippen LogP contribution in [0.1, 0.15) is 78.4 Å². The lowest BCUT2D eigenvalue weighted by Gasteiger charge is -2.52. The van der Waals surface area contributed by atoms with Crippen molar-refractivity contribution in [2.75, 3.05) is 55.1 Å². The Balaban J connectivity index is 0.750. The molecular formula is C81H96O28. The highest BCUT2D eigenvalue weighted by atomic mass is 16.9. The van der Waals surface area contributed by atoms with Crippen molar-refractivity contribution in [3.8, 4) is 17.2 Å². The van der Waals surface area contributed by atoms with Crippen LogP contribution >= 0.6 is 0 Å². The van der Waals surface area contributed by atoms with Gasteiger partial charge in [-0.2, -0.15) is 0 Å². The maximum absolute atomic E-state index is 14.7. The zero-order chi connectivity index (χ0) is 76.3. The first-order valence-electron chi connectivity index (χ1n) is 36.5. The number of hydrogen-bond acceptors (Lipinski definition) is 28. The van der Waals surface area contributed by atoms with Crippen LogP contribution in [0, 0.1) is 6.92 Å². The van der Waals surface area contributed by atoms with Crippen molar-refractivity contribution in [2.45, 2.75) is 215 Å². The van der Waals surface area contributed by atoms with Crippen molar-refractivity contribution in [3.05, 3.63) is 197 Å².